The maximum absolute atomic E-state index is 8.74. The van der Waals surface area contributed by atoms with Crippen LogP contribution in [-0.2, 0) is 6.61 Å². The lowest BCUT2D eigenvalue weighted by atomic mass is 10.2. The van der Waals surface area contributed by atoms with Crippen molar-refractivity contribution >= 4 is 11.3 Å². The first-order valence-electron chi connectivity index (χ1n) is 3.55. The number of furan rings is 1. The molecule has 0 spiro atoms. The second-order valence-corrected chi connectivity index (χ2v) is 3.31. The van der Waals surface area contributed by atoms with Gasteiger partial charge in [0.05, 0.1) is 0 Å². The van der Waals surface area contributed by atoms with Crippen molar-refractivity contribution in [3.8, 4) is 10.4 Å². The Morgan fingerprint density at radius 3 is 3.08 bits per heavy atom. The molecule has 0 bridgehead atoms. The third-order valence-corrected chi connectivity index (χ3v) is 2.44. The number of thiophene rings is 1. The third-order valence-electron chi connectivity index (χ3n) is 1.54. The molecule has 1 N–H and O–H groups in total. The highest BCUT2D eigenvalue weighted by Gasteiger charge is 2.03. The first kappa shape index (κ1) is 7.58. The summed E-state index contributed by atoms with van der Waals surface area (Å²) in [5.74, 6) is 0.554. The van der Waals surface area contributed by atoms with Crippen molar-refractivity contribution in [3.63, 3.8) is 0 Å². The van der Waals surface area contributed by atoms with E-state index >= 15 is 0 Å². The highest BCUT2D eigenvalue weighted by Crippen LogP contribution is 2.25. The number of hydrogen-bond acceptors (Lipinski definition) is 3. The lowest BCUT2D eigenvalue weighted by Crippen LogP contribution is -1.73. The Hall–Kier alpha value is -1.06. The van der Waals surface area contributed by atoms with Gasteiger partial charge < -0.3 is 9.52 Å². The predicted molar refractivity (Wildman–Crippen MR) is 46.8 cm³/mol. The van der Waals surface area contributed by atoms with Crippen LogP contribution < -0.4 is 0 Å². The zero-order valence-corrected chi connectivity index (χ0v) is 7.10. The highest BCUT2D eigenvalue weighted by molar-refractivity contribution is 7.13. The van der Waals surface area contributed by atoms with Crippen molar-refractivity contribution < 1.29 is 9.52 Å². The van der Waals surface area contributed by atoms with Gasteiger partial charge in [-0.15, -0.1) is 11.3 Å². The van der Waals surface area contributed by atoms with E-state index in [1.807, 2.05) is 17.5 Å². The average Bonchev–Trinajstić information content (AvgIpc) is 2.75. The fourth-order valence-corrected chi connectivity index (χ4v) is 1.66. The molecule has 0 aliphatic heterocycles. The molecule has 0 atom stereocenters. The molecule has 0 amide bonds. The fourth-order valence-electron chi connectivity index (χ4n) is 0.972. The minimum atomic E-state index is -0.0676. The van der Waals surface area contributed by atoms with Gasteiger partial charge in [0.25, 0.3) is 0 Å². The lowest BCUT2D eigenvalue weighted by molar-refractivity contribution is 0.246. The van der Waals surface area contributed by atoms with Gasteiger partial charge in [-0.2, -0.15) is 0 Å². The molecule has 0 aliphatic rings. The molecule has 2 aromatic rings. The van der Waals surface area contributed by atoms with E-state index in [0.29, 0.717) is 5.76 Å². The quantitative estimate of drug-likeness (QED) is 0.767. The maximum Gasteiger partial charge on any atom is 0.178 e. The minimum absolute atomic E-state index is 0.0676. The topological polar surface area (TPSA) is 33.4 Å². The molecular weight excluding hydrogens is 172 g/mol. The van der Waals surface area contributed by atoms with E-state index < -0.39 is 0 Å². The summed E-state index contributed by atoms with van der Waals surface area (Å²) >= 11 is 1.63. The van der Waals surface area contributed by atoms with Crippen molar-refractivity contribution in [1.82, 2.24) is 0 Å². The van der Waals surface area contributed by atoms with Crippen LogP contribution in [0, 0.1) is 6.26 Å². The molecule has 0 unspecified atom stereocenters. The molecule has 0 saturated carbocycles. The molecule has 2 heterocycles. The molecule has 0 aliphatic carbocycles. The SMILES string of the molecule is OCc1cc(-c2cccs2)[c]o1. The Bertz CT molecular complexity index is 348. The Morgan fingerprint density at radius 1 is 1.58 bits per heavy atom. The van der Waals surface area contributed by atoms with Crippen LogP contribution in [0.5, 0.6) is 0 Å². The van der Waals surface area contributed by atoms with Crippen LogP contribution in [0.25, 0.3) is 10.4 Å². The van der Waals surface area contributed by atoms with E-state index in [4.69, 9.17) is 9.52 Å². The van der Waals surface area contributed by atoms with Crippen LogP contribution in [0.4, 0.5) is 0 Å². The first-order chi connectivity index (χ1) is 5.90. The summed E-state index contributed by atoms with van der Waals surface area (Å²) in [4.78, 5) is 1.11. The van der Waals surface area contributed by atoms with Gasteiger partial charge in [-0.3, -0.25) is 0 Å². The van der Waals surface area contributed by atoms with E-state index in [0.717, 1.165) is 10.4 Å². The first-order valence-corrected chi connectivity index (χ1v) is 4.43. The summed E-state index contributed by atoms with van der Waals surface area (Å²) in [6.45, 7) is -0.0676. The van der Waals surface area contributed by atoms with Gasteiger partial charge in [-0.05, 0) is 17.5 Å². The zero-order chi connectivity index (χ0) is 8.39. The second-order valence-electron chi connectivity index (χ2n) is 2.36. The van der Waals surface area contributed by atoms with Gasteiger partial charge >= 0.3 is 0 Å². The normalized spacial score (nSPS) is 10.4. The Balaban J connectivity index is 2.35. The van der Waals surface area contributed by atoms with Crippen molar-refractivity contribution in [2.45, 2.75) is 6.61 Å². The lowest BCUT2D eigenvalue weighted by Gasteiger charge is -1.84. The van der Waals surface area contributed by atoms with Gasteiger partial charge in [-0.1, -0.05) is 6.07 Å². The van der Waals surface area contributed by atoms with Crippen LogP contribution in [0.3, 0.4) is 0 Å². The average molecular weight is 179 g/mol. The Labute approximate surface area is 74.1 Å². The third kappa shape index (κ3) is 1.29. The minimum Gasteiger partial charge on any atom is -0.455 e. The largest absolute Gasteiger partial charge is 0.455 e. The molecule has 0 saturated heterocycles. The van der Waals surface area contributed by atoms with Gasteiger partial charge in [-0.25, -0.2) is 0 Å². The summed E-state index contributed by atoms with van der Waals surface area (Å²) in [6, 6.07) is 5.76. The molecule has 0 fully saturated rings. The number of aliphatic hydroxyl groups excluding tert-OH is 1. The van der Waals surface area contributed by atoms with Gasteiger partial charge in [0.1, 0.15) is 12.4 Å². The Morgan fingerprint density at radius 2 is 2.50 bits per heavy atom. The van der Waals surface area contributed by atoms with Crippen molar-refractivity contribution in [2.75, 3.05) is 0 Å². The van der Waals surface area contributed by atoms with Crippen LogP contribution in [0.2, 0.25) is 0 Å². The Kier molecular flexibility index (Phi) is 1.98. The van der Waals surface area contributed by atoms with Gasteiger partial charge in [0, 0.05) is 10.4 Å². The van der Waals surface area contributed by atoms with Crippen molar-refractivity contribution in [1.29, 1.82) is 0 Å². The number of hydrogen-bond donors (Lipinski definition) is 1. The summed E-state index contributed by atoms with van der Waals surface area (Å²) in [5, 5.41) is 10.7. The maximum atomic E-state index is 8.74. The van der Waals surface area contributed by atoms with Crippen LogP contribution in [-0.4, -0.2) is 5.11 Å². The van der Waals surface area contributed by atoms with Crippen molar-refractivity contribution in [2.24, 2.45) is 0 Å². The molecular formula is C9H7O2S. The van der Waals surface area contributed by atoms with Gasteiger partial charge in [0.15, 0.2) is 6.26 Å². The van der Waals surface area contributed by atoms with Crippen LogP contribution in [0.1, 0.15) is 5.76 Å². The number of rotatable bonds is 2. The van der Waals surface area contributed by atoms with E-state index in [1.54, 1.807) is 17.4 Å². The van der Waals surface area contributed by atoms with Crippen LogP contribution >= 0.6 is 11.3 Å². The van der Waals surface area contributed by atoms with Crippen molar-refractivity contribution in [3.05, 3.63) is 35.6 Å². The van der Waals surface area contributed by atoms with E-state index in [1.165, 1.54) is 0 Å². The molecule has 61 valence electrons. The zero-order valence-electron chi connectivity index (χ0n) is 6.28. The molecule has 1 radical (unpaired) electrons. The van der Waals surface area contributed by atoms with Crippen LogP contribution in [0.15, 0.2) is 28.0 Å². The smallest absolute Gasteiger partial charge is 0.178 e. The fraction of sp³-hybridized carbons (Fsp3) is 0.111. The summed E-state index contributed by atoms with van der Waals surface area (Å²) < 4.78 is 4.97. The summed E-state index contributed by atoms with van der Waals surface area (Å²) in [7, 11) is 0. The monoisotopic (exact) mass is 179 g/mol. The molecule has 2 aromatic heterocycles. The second kappa shape index (κ2) is 3.13. The summed E-state index contributed by atoms with van der Waals surface area (Å²) in [6.07, 6.45) is 2.73. The molecule has 12 heavy (non-hydrogen) atoms. The van der Waals surface area contributed by atoms with Gasteiger partial charge in [0.2, 0.25) is 0 Å². The molecule has 3 heteroatoms. The van der Waals surface area contributed by atoms with E-state index in [2.05, 4.69) is 6.26 Å². The summed E-state index contributed by atoms with van der Waals surface area (Å²) in [5.41, 5.74) is 0.911. The standard InChI is InChI=1S/C9H7O2S/c10-5-8-4-7(6-11-8)9-2-1-3-12-9/h1-4,10H,5H2. The molecule has 0 aromatic carbocycles. The van der Waals surface area contributed by atoms with E-state index in [9.17, 15) is 0 Å². The van der Waals surface area contributed by atoms with E-state index in [-0.39, 0.29) is 6.61 Å². The molecule has 2 nitrogen and oxygen atoms in total. The predicted octanol–water partition coefficient (Wildman–Crippen LogP) is 2.30. The molecule has 2 rings (SSSR count). The highest BCUT2D eigenvalue weighted by atomic mass is 32.1. The number of aliphatic hydroxyl groups is 1.